The van der Waals surface area contributed by atoms with E-state index in [4.69, 9.17) is 14.6 Å². The summed E-state index contributed by atoms with van der Waals surface area (Å²) in [6.45, 7) is 5.37. The average molecular weight is 323 g/mol. The number of hydrogen-bond acceptors (Lipinski definition) is 5. The summed E-state index contributed by atoms with van der Waals surface area (Å²) in [5.74, 6) is -0.570. The van der Waals surface area contributed by atoms with Crippen LogP contribution in [0.5, 0.6) is 0 Å². The van der Waals surface area contributed by atoms with E-state index in [2.05, 4.69) is 5.32 Å². The molecule has 6 heteroatoms. The van der Waals surface area contributed by atoms with Crippen molar-refractivity contribution in [2.24, 2.45) is 0 Å². The highest BCUT2D eigenvalue weighted by atomic mass is 16.6. The number of rotatable bonds is 6. The number of nitrogens with one attached hydrogen (secondary N) is 1. The van der Waals surface area contributed by atoms with Gasteiger partial charge in [-0.05, 0) is 44.7 Å². The van der Waals surface area contributed by atoms with Gasteiger partial charge in [0.25, 0.3) is 0 Å². The molecule has 0 bridgehead atoms. The van der Waals surface area contributed by atoms with Crippen LogP contribution >= 0.6 is 0 Å². The zero-order valence-electron chi connectivity index (χ0n) is 14.1. The maximum atomic E-state index is 11.9. The second kappa shape index (κ2) is 8.53. The molecule has 1 amide bonds. The van der Waals surface area contributed by atoms with Crippen molar-refractivity contribution in [2.45, 2.75) is 45.3 Å². The maximum Gasteiger partial charge on any atom is 0.408 e. The quantitative estimate of drug-likeness (QED) is 0.785. The molecule has 0 unspecified atom stereocenters. The number of carbonyl (C=O) groups excluding carboxylic acids is 2. The second-order valence-corrected chi connectivity index (χ2v) is 6.17. The lowest BCUT2D eigenvalue weighted by Gasteiger charge is -2.22. The van der Waals surface area contributed by atoms with Crippen molar-refractivity contribution < 1.29 is 24.2 Å². The zero-order chi connectivity index (χ0) is 17.5. The van der Waals surface area contributed by atoms with Crippen LogP contribution in [0.2, 0.25) is 0 Å². The Hall–Kier alpha value is -2.08. The van der Waals surface area contributed by atoms with E-state index < -0.39 is 23.7 Å². The third kappa shape index (κ3) is 6.69. The van der Waals surface area contributed by atoms with Gasteiger partial charge >= 0.3 is 12.1 Å². The number of esters is 1. The first-order valence-electron chi connectivity index (χ1n) is 7.54. The fraction of sp³-hybridized carbons (Fsp3) is 0.529. The fourth-order valence-electron chi connectivity index (χ4n) is 1.98. The summed E-state index contributed by atoms with van der Waals surface area (Å²) in [5.41, 5.74) is 0.998. The number of ether oxygens (including phenoxy) is 2. The molecule has 0 aromatic heterocycles. The SMILES string of the molecule is COC(=O)[C@@H](NC(=O)OC(C)(C)C)c1ccc(CCCO)cc1. The largest absolute Gasteiger partial charge is 0.467 e. The van der Waals surface area contributed by atoms with Gasteiger partial charge in [0.15, 0.2) is 6.04 Å². The molecule has 128 valence electrons. The Balaban J connectivity index is 2.85. The predicted molar refractivity (Wildman–Crippen MR) is 86.0 cm³/mol. The number of benzene rings is 1. The van der Waals surface area contributed by atoms with Crippen LogP contribution in [0.25, 0.3) is 0 Å². The van der Waals surface area contributed by atoms with Crippen LogP contribution in [0.15, 0.2) is 24.3 Å². The van der Waals surface area contributed by atoms with Crippen molar-refractivity contribution >= 4 is 12.1 Å². The van der Waals surface area contributed by atoms with Gasteiger partial charge in [0.05, 0.1) is 7.11 Å². The van der Waals surface area contributed by atoms with Crippen LogP contribution in [-0.4, -0.2) is 36.5 Å². The minimum Gasteiger partial charge on any atom is -0.467 e. The lowest BCUT2D eigenvalue weighted by molar-refractivity contribution is -0.143. The molecule has 2 N–H and O–H groups in total. The van der Waals surface area contributed by atoms with Gasteiger partial charge in [0.2, 0.25) is 0 Å². The molecule has 0 aliphatic rings. The Morgan fingerprint density at radius 1 is 1.22 bits per heavy atom. The Labute approximate surface area is 136 Å². The number of methoxy groups -OCH3 is 1. The molecule has 0 heterocycles. The van der Waals surface area contributed by atoms with Crippen molar-refractivity contribution in [3.05, 3.63) is 35.4 Å². The first-order valence-corrected chi connectivity index (χ1v) is 7.54. The number of amides is 1. The third-order valence-electron chi connectivity index (χ3n) is 3.03. The Morgan fingerprint density at radius 3 is 2.30 bits per heavy atom. The van der Waals surface area contributed by atoms with Crippen LogP contribution in [0.1, 0.15) is 44.4 Å². The summed E-state index contributed by atoms with van der Waals surface area (Å²) in [6.07, 6.45) is 0.743. The number of aliphatic hydroxyl groups is 1. The normalized spacial score (nSPS) is 12.4. The summed E-state index contributed by atoms with van der Waals surface area (Å²) < 4.78 is 9.93. The van der Waals surface area contributed by atoms with Crippen LogP contribution in [0.3, 0.4) is 0 Å². The van der Waals surface area contributed by atoms with Gasteiger partial charge in [-0.15, -0.1) is 0 Å². The molecule has 1 aromatic carbocycles. The van der Waals surface area contributed by atoms with Crippen molar-refractivity contribution in [1.82, 2.24) is 5.32 Å². The van der Waals surface area contributed by atoms with Gasteiger partial charge in [-0.25, -0.2) is 9.59 Å². The van der Waals surface area contributed by atoms with Crippen LogP contribution in [0.4, 0.5) is 4.79 Å². The maximum absolute atomic E-state index is 11.9. The minimum atomic E-state index is -0.929. The standard InChI is InChI=1S/C17H25NO5/c1-17(2,3)23-16(21)18-14(15(20)22-4)13-9-7-12(8-10-13)6-5-11-19/h7-10,14,19H,5-6,11H2,1-4H3,(H,18,21)/t14-/m0/s1. The molecule has 0 radical (unpaired) electrons. The molecule has 0 aliphatic heterocycles. The number of carbonyl (C=O) groups is 2. The van der Waals surface area contributed by atoms with Crippen molar-refractivity contribution in [1.29, 1.82) is 0 Å². The smallest absolute Gasteiger partial charge is 0.408 e. The topological polar surface area (TPSA) is 84.9 Å². The summed E-state index contributed by atoms with van der Waals surface area (Å²) in [6, 6.07) is 6.30. The molecule has 1 atom stereocenters. The molecule has 1 aromatic rings. The van der Waals surface area contributed by atoms with Gasteiger partial charge in [0, 0.05) is 6.61 Å². The van der Waals surface area contributed by atoms with Crippen molar-refractivity contribution in [3.63, 3.8) is 0 Å². The van der Waals surface area contributed by atoms with Gasteiger partial charge < -0.3 is 19.9 Å². The third-order valence-corrected chi connectivity index (χ3v) is 3.03. The van der Waals surface area contributed by atoms with Gasteiger partial charge in [-0.3, -0.25) is 0 Å². The summed E-state index contributed by atoms with van der Waals surface area (Å²) >= 11 is 0. The molecule has 0 saturated heterocycles. The summed E-state index contributed by atoms with van der Waals surface area (Å²) in [4.78, 5) is 23.8. The number of hydrogen-bond donors (Lipinski definition) is 2. The second-order valence-electron chi connectivity index (χ2n) is 6.17. The highest BCUT2D eigenvalue weighted by Crippen LogP contribution is 2.17. The van der Waals surface area contributed by atoms with Gasteiger partial charge in [-0.2, -0.15) is 0 Å². The first-order chi connectivity index (χ1) is 10.8. The van der Waals surface area contributed by atoms with Crippen LogP contribution in [0, 0.1) is 0 Å². The van der Waals surface area contributed by atoms with E-state index in [-0.39, 0.29) is 6.61 Å². The van der Waals surface area contributed by atoms with Crippen LogP contribution in [-0.2, 0) is 20.7 Å². The average Bonchev–Trinajstić information content (AvgIpc) is 2.48. The molecule has 0 aliphatic carbocycles. The number of alkyl carbamates (subject to hydrolysis) is 1. The molecular formula is C17H25NO5. The molecule has 23 heavy (non-hydrogen) atoms. The van der Waals surface area contributed by atoms with Crippen LogP contribution < -0.4 is 5.32 Å². The number of aryl methyl sites for hydroxylation is 1. The van der Waals surface area contributed by atoms with E-state index in [1.807, 2.05) is 12.1 Å². The minimum absolute atomic E-state index is 0.132. The highest BCUT2D eigenvalue weighted by molar-refractivity contribution is 5.82. The molecule has 0 spiro atoms. The molecular weight excluding hydrogens is 298 g/mol. The van der Waals surface area contributed by atoms with Gasteiger partial charge in [0.1, 0.15) is 5.60 Å². The lowest BCUT2D eigenvalue weighted by Crippen LogP contribution is -2.38. The molecule has 6 nitrogen and oxygen atoms in total. The molecule has 0 fully saturated rings. The van der Waals surface area contributed by atoms with E-state index in [1.165, 1.54) is 7.11 Å². The van der Waals surface area contributed by atoms with E-state index in [1.54, 1.807) is 32.9 Å². The number of aliphatic hydroxyl groups excluding tert-OH is 1. The van der Waals surface area contributed by atoms with Crippen molar-refractivity contribution in [2.75, 3.05) is 13.7 Å². The van der Waals surface area contributed by atoms with Gasteiger partial charge in [-0.1, -0.05) is 24.3 Å². The van der Waals surface area contributed by atoms with E-state index in [9.17, 15) is 9.59 Å². The van der Waals surface area contributed by atoms with E-state index in [0.717, 1.165) is 12.0 Å². The van der Waals surface area contributed by atoms with E-state index in [0.29, 0.717) is 12.0 Å². The Bertz CT molecular complexity index is 519. The predicted octanol–water partition coefficient (Wildman–Crippen LogP) is 2.35. The van der Waals surface area contributed by atoms with Crippen molar-refractivity contribution in [3.8, 4) is 0 Å². The summed E-state index contributed by atoms with van der Waals surface area (Å²) in [5, 5.41) is 11.4. The molecule has 1 rings (SSSR count). The Morgan fingerprint density at radius 2 is 1.83 bits per heavy atom. The Kier molecular flexibility index (Phi) is 7.03. The fourth-order valence-corrected chi connectivity index (χ4v) is 1.98. The lowest BCUT2D eigenvalue weighted by atomic mass is 10.0. The molecule has 0 saturated carbocycles. The highest BCUT2D eigenvalue weighted by Gasteiger charge is 2.26. The van der Waals surface area contributed by atoms with E-state index >= 15 is 0 Å². The first kappa shape index (κ1) is 19.0. The zero-order valence-corrected chi connectivity index (χ0v) is 14.1. The summed E-state index contributed by atoms with van der Waals surface area (Å²) in [7, 11) is 1.27. The monoisotopic (exact) mass is 323 g/mol.